The van der Waals surface area contributed by atoms with Crippen molar-refractivity contribution in [2.45, 2.75) is 31.8 Å². The molecule has 0 bridgehead atoms. The second-order valence-corrected chi connectivity index (χ2v) is 2.62. The Morgan fingerprint density at radius 3 is 2.82 bits per heavy atom. The van der Waals surface area contributed by atoms with E-state index in [4.69, 9.17) is 9.47 Å². The van der Waals surface area contributed by atoms with Crippen LogP contribution in [0.5, 0.6) is 0 Å². The first-order valence-electron chi connectivity index (χ1n) is 3.95. The fourth-order valence-electron chi connectivity index (χ4n) is 0.614. The topological polar surface area (TPSA) is 35.5 Å². The molecule has 0 aromatic rings. The van der Waals surface area contributed by atoms with Gasteiger partial charge in [-0.15, -0.1) is 0 Å². The van der Waals surface area contributed by atoms with Crippen LogP contribution >= 0.6 is 0 Å². The fourth-order valence-corrected chi connectivity index (χ4v) is 0.614. The van der Waals surface area contributed by atoms with Crippen LogP contribution in [-0.4, -0.2) is 18.9 Å². The van der Waals surface area contributed by atoms with E-state index in [-0.39, 0.29) is 6.10 Å². The maximum Gasteiger partial charge on any atom is 0.508 e. The Balaban J connectivity index is 1.92. The van der Waals surface area contributed by atoms with Gasteiger partial charge in [-0.05, 0) is 19.3 Å². The van der Waals surface area contributed by atoms with E-state index in [1.807, 2.05) is 0 Å². The first-order chi connectivity index (χ1) is 5.33. The van der Waals surface area contributed by atoms with Crippen molar-refractivity contribution in [3.05, 3.63) is 6.92 Å². The second kappa shape index (κ2) is 4.21. The molecular formula is C8H13O3. The van der Waals surface area contributed by atoms with Gasteiger partial charge >= 0.3 is 6.16 Å². The van der Waals surface area contributed by atoms with Gasteiger partial charge in [0.25, 0.3) is 0 Å². The van der Waals surface area contributed by atoms with Gasteiger partial charge < -0.3 is 9.47 Å². The van der Waals surface area contributed by atoms with Crippen molar-refractivity contribution in [2.24, 2.45) is 0 Å². The minimum absolute atomic E-state index is 0.141. The van der Waals surface area contributed by atoms with Crippen molar-refractivity contribution in [3.8, 4) is 0 Å². The number of hydrogen-bond donors (Lipinski definition) is 0. The predicted octanol–water partition coefficient (Wildman–Crippen LogP) is 1.92. The quantitative estimate of drug-likeness (QED) is 0.462. The average molecular weight is 157 g/mol. The van der Waals surface area contributed by atoms with Crippen LogP contribution in [0.1, 0.15) is 25.7 Å². The van der Waals surface area contributed by atoms with Crippen LogP contribution in [0, 0.1) is 6.92 Å². The highest BCUT2D eigenvalue weighted by Gasteiger charge is 2.26. The van der Waals surface area contributed by atoms with E-state index in [1.165, 1.54) is 0 Å². The zero-order valence-electron chi connectivity index (χ0n) is 6.54. The van der Waals surface area contributed by atoms with Crippen LogP contribution in [0.15, 0.2) is 0 Å². The molecule has 0 N–H and O–H groups in total. The Morgan fingerprint density at radius 1 is 1.55 bits per heavy atom. The van der Waals surface area contributed by atoms with Crippen LogP contribution in [0.2, 0.25) is 0 Å². The molecule has 1 aliphatic rings. The molecule has 0 aliphatic heterocycles. The largest absolute Gasteiger partial charge is 0.508 e. The van der Waals surface area contributed by atoms with Crippen LogP contribution in [0.4, 0.5) is 4.79 Å². The molecule has 63 valence electrons. The van der Waals surface area contributed by atoms with Gasteiger partial charge in [-0.3, -0.25) is 0 Å². The van der Waals surface area contributed by atoms with Gasteiger partial charge in [0.15, 0.2) is 0 Å². The fraction of sp³-hybridized carbons (Fsp3) is 0.750. The lowest BCUT2D eigenvalue weighted by atomic mass is 10.4. The van der Waals surface area contributed by atoms with Crippen molar-refractivity contribution < 1.29 is 14.3 Å². The summed E-state index contributed by atoms with van der Waals surface area (Å²) in [5.41, 5.74) is 0. The van der Waals surface area contributed by atoms with Gasteiger partial charge in [-0.25, -0.2) is 4.79 Å². The standard InChI is InChI=1S/C8H13O3/c1-2-3-6-10-8(9)11-7-4-5-7/h7H,1-6H2. The highest BCUT2D eigenvalue weighted by Crippen LogP contribution is 2.23. The normalized spacial score (nSPS) is 16.1. The summed E-state index contributed by atoms with van der Waals surface area (Å²) in [5, 5.41) is 0. The molecule has 1 rings (SSSR count). The molecule has 3 heteroatoms. The molecule has 0 heterocycles. The molecule has 0 spiro atoms. The highest BCUT2D eigenvalue weighted by molar-refractivity contribution is 5.60. The molecule has 1 saturated carbocycles. The molecule has 3 nitrogen and oxygen atoms in total. The molecule has 0 saturated heterocycles. The maximum absolute atomic E-state index is 10.7. The molecule has 0 aromatic carbocycles. The third-order valence-corrected chi connectivity index (χ3v) is 1.40. The number of ether oxygens (including phenoxy) is 2. The van der Waals surface area contributed by atoms with Crippen LogP contribution < -0.4 is 0 Å². The van der Waals surface area contributed by atoms with Crippen LogP contribution in [0.25, 0.3) is 0 Å². The van der Waals surface area contributed by atoms with Crippen molar-refractivity contribution in [3.63, 3.8) is 0 Å². The monoisotopic (exact) mass is 157 g/mol. The maximum atomic E-state index is 10.7. The van der Waals surface area contributed by atoms with Gasteiger partial charge in [0, 0.05) is 0 Å². The number of carbonyl (C=O) groups is 1. The van der Waals surface area contributed by atoms with Gasteiger partial charge in [0.05, 0.1) is 6.61 Å². The third-order valence-electron chi connectivity index (χ3n) is 1.40. The smallest absolute Gasteiger partial charge is 0.434 e. The number of hydrogen-bond acceptors (Lipinski definition) is 3. The molecule has 1 aliphatic carbocycles. The molecule has 1 fully saturated rings. The van der Waals surface area contributed by atoms with E-state index in [9.17, 15) is 4.79 Å². The lowest BCUT2D eigenvalue weighted by Gasteiger charge is -2.02. The van der Waals surface area contributed by atoms with Crippen LogP contribution in [-0.2, 0) is 9.47 Å². The molecular weight excluding hydrogens is 144 g/mol. The first kappa shape index (κ1) is 8.37. The number of carbonyl (C=O) groups excluding carboxylic acids is 1. The Labute approximate surface area is 66.7 Å². The second-order valence-electron chi connectivity index (χ2n) is 2.62. The van der Waals surface area contributed by atoms with Gasteiger partial charge in [0.2, 0.25) is 0 Å². The Hall–Kier alpha value is -0.730. The van der Waals surface area contributed by atoms with Crippen molar-refractivity contribution >= 4 is 6.16 Å². The number of unbranched alkanes of at least 4 members (excludes halogenated alkanes) is 1. The van der Waals surface area contributed by atoms with Crippen molar-refractivity contribution in [1.82, 2.24) is 0 Å². The summed E-state index contributed by atoms with van der Waals surface area (Å²) in [5.74, 6) is 0. The van der Waals surface area contributed by atoms with E-state index in [0.29, 0.717) is 6.61 Å². The van der Waals surface area contributed by atoms with Gasteiger partial charge in [0.1, 0.15) is 6.10 Å². The zero-order valence-corrected chi connectivity index (χ0v) is 6.54. The summed E-state index contributed by atoms with van der Waals surface area (Å²) >= 11 is 0. The van der Waals surface area contributed by atoms with E-state index >= 15 is 0 Å². The minimum Gasteiger partial charge on any atom is -0.434 e. The number of rotatable bonds is 4. The lowest BCUT2D eigenvalue weighted by Crippen LogP contribution is -2.09. The summed E-state index contributed by atoms with van der Waals surface area (Å²) in [7, 11) is 0. The minimum atomic E-state index is -0.527. The average Bonchev–Trinajstić information content (AvgIpc) is 2.72. The molecule has 11 heavy (non-hydrogen) atoms. The molecule has 0 atom stereocenters. The van der Waals surface area contributed by atoms with Crippen LogP contribution in [0.3, 0.4) is 0 Å². The highest BCUT2D eigenvalue weighted by atomic mass is 16.7. The van der Waals surface area contributed by atoms with E-state index in [0.717, 1.165) is 25.7 Å². The predicted molar refractivity (Wildman–Crippen MR) is 40.0 cm³/mol. The Bertz CT molecular complexity index is 129. The van der Waals surface area contributed by atoms with Crippen molar-refractivity contribution in [1.29, 1.82) is 0 Å². The van der Waals surface area contributed by atoms with E-state index < -0.39 is 6.16 Å². The summed E-state index contributed by atoms with van der Waals surface area (Å²) < 4.78 is 9.56. The zero-order chi connectivity index (χ0) is 8.10. The molecule has 1 radical (unpaired) electrons. The summed E-state index contributed by atoms with van der Waals surface area (Å²) in [6.07, 6.45) is 3.19. The molecule has 0 aromatic heterocycles. The third kappa shape index (κ3) is 3.86. The van der Waals surface area contributed by atoms with E-state index in [2.05, 4.69) is 6.92 Å². The Kier molecular flexibility index (Phi) is 3.20. The van der Waals surface area contributed by atoms with Crippen molar-refractivity contribution in [2.75, 3.05) is 6.61 Å². The molecule has 0 amide bonds. The van der Waals surface area contributed by atoms with Gasteiger partial charge in [-0.2, -0.15) is 0 Å². The summed E-state index contributed by atoms with van der Waals surface area (Å²) in [4.78, 5) is 10.7. The van der Waals surface area contributed by atoms with E-state index in [1.54, 1.807) is 0 Å². The lowest BCUT2D eigenvalue weighted by molar-refractivity contribution is 0.0492. The van der Waals surface area contributed by atoms with Gasteiger partial charge in [-0.1, -0.05) is 13.3 Å². The SMILES string of the molecule is [CH2]CCCOC(=O)OC1CC1. The summed E-state index contributed by atoms with van der Waals surface area (Å²) in [6, 6.07) is 0. The Morgan fingerprint density at radius 2 is 2.27 bits per heavy atom. The summed E-state index contributed by atoms with van der Waals surface area (Å²) in [6.45, 7) is 4.05. The molecule has 0 unspecified atom stereocenters. The first-order valence-corrected chi connectivity index (χ1v) is 3.95.